The number of hydrogen-bond acceptors (Lipinski definition) is 4. The smallest absolute Gasteiger partial charge is 0.240 e. The number of fused-ring (bicyclic) bond motifs is 4. The van der Waals surface area contributed by atoms with Gasteiger partial charge in [-0.3, -0.25) is 4.90 Å². The number of nitrogens with one attached hydrogen (secondary N) is 2. The fraction of sp³-hybridized carbons (Fsp3) is 0.700. The first-order chi connectivity index (χ1) is 12.6. The fourth-order valence-corrected chi connectivity index (χ4v) is 6.28. The summed E-state index contributed by atoms with van der Waals surface area (Å²) in [6.45, 7) is 5.85. The number of halogens is 2. The third kappa shape index (κ3) is 4.85. The summed E-state index contributed by atoms with van der Waals surface area (Å²) in [5.74, 6) is 1.29. The average molecular weight is 450 g/mol. The lowest BCUT2D eigenvalue weighted by molar-refractivity contribution is -0.0360. The number of nitrogens with zero attached hydrogens (tertiary/aromatic N) is 1. The molecule has 3 aliphatic heterocycles. The van der Waals surface area contributed by atoms with Crippen molar-refractivity contribution >= 4 is 34.8 Å². The van der Waals surface area contributed by atoms with Crippen molar-refractivity contribution in [3.05, 3.63) is 29.8 Å². The quantitative estimate of drug-likeness (QED) is 0.725. The van der Waals surface area contributed by atoms with Crippen LogP contribution in [0.2, 0.25) is 0 Å². The van der Waals surface area contributed by atoms with Gasteiger partial charge in [-0.1, -0.05) is 25.5 Å². The van der Waals surface area contributed by atoms with Crippen molar-refractivity contribution in [1.29, 1.82) is 0 Å². The molecule has 0 spiro atoms. The van der Waals surface area contributed by atoms with Gasteiger partial charge in [0.25, 0.3) is 0 Å². The Bertz CT molecular complexity index is 729. The molecule has 0 amide bonds. The van der Waals surface area contributed by atoms with E-state index in [1.165, 1.54) is 25.7 Å². The van der Waals surface area contributed by atoms with Crippen molar-refractivity contribution in [2.24, 2.45) is 11.8 Å². The molecule has 3 heterocycles. The minimum absolute atomic E-state index is 0. The molecule has 4 atom stereocenters. The molecule has 0 aromatic heterocycles. The first kappa shape index (κ1) is 23.9. The molecule has 2 bridgehead atoms. The lowest BCUT2D eigenvalue weighted by Crippen LogP contribution is -2.65. The van der Waals surface area contributed by atoms with E-state index >= 15 is 0 Å². The van der Waals surface area contributed by atoms with Gasteiger partial charge in [0.2, 0.25) is 10.0 Å². The van der Waals surface area contributed by atoms with E-state index in [0.29, 0.717) is 29.4 Å². The van der Waals surface area contributed by atoms with Crippen molar-refractivity contribution in [1.82, 2.24) is 14.9 Å². The Morgan fingerprint density at radius 1 is 1.11 bits per heavy atom. The maximum absolute atomic E-state index is 12.8. The summed E-state index contributed by atoms with van der Waals surface area (Å²) in [4.78, 5) is 3.01. The second-order valence-electron chi connectivity index (χ2n) is 8.13. The maximum Gasteiger partial charge on any atom is 0.240 e. The lowest BCUT2D eigenvalue weighted by Gasteiger charge is -2.55. The monoisotopic (exact) mass is 449 g/mol. The predicted octanol–water partition coefficient (Wildman–Crippen LogP) is 2.83. The second-order valence-corrected chi connectivity index (χ2v) is 9.90. The van der Waals surface area contributed by atoms with Gasteiger partial charge >= 0.3 is 0 Å². The summed E-state index contributed by atoms with van der Waals surface area (Å²) >= 11 is 0. The van der Waals surface area contributed by atoms with Crippen molar-refractivity contribution in [2.75, 3.05) is 26.2 Å². The Labute approximate surface area is 181 Å². The topological polar surface area (TPSA) is 61.4 Å². The first-order valence-corrected chi connectivity index (χ1v) is 11.6. The van der Waals surface area contributed by atoms with Gasteiger partial charge in [-0.2, -0.15) is 0 Å². The molecule has 4 rings (SSSR count). The van der Waals surface area contributed by atoms with Crippen LogP contribution >= 0.6 is 24.8 Å². The highest BCUT2D eigenvalue weighted by Gasteiger charge is 2.45. The summed E-state index contributed by atoms with van der Waals surface area (Å²) in [6, 6.07) is 8.21. The van der Waals surface area contributed by atoms with E-state index in [-0.39, 0.29) is 24.8 Å². The van der Waals surface area contributed by atoms with Crippen LogP contribution in [0, 0.1) is 11.8 Å². The van der Waals surface area contributed by atoms with Gasteiger partial charge in [-0.05, 0) is 74.8 Å². The molecule has 3 fully saturated rings. The molecule has 0 saturated carbocycles. The zero-order valence-corrected chi connectivity index (χ0v) is 18.9. The molecule has 0 radical (unpaired) electrons. The highest BCUT2D eigenvalue weighted by molar-refractivity contribution is 7.89. The van der Waals surface area contributed by atoms with Crippen LogP contribution < -0.4 is 10.0 Å². The van der Waals surface area contributed by atoms with Crippen molar-refractivity contribution < 1.29 is 8.42 Å². The Morgan fingerprint density at radius 3 is 2.54 bits per heavy atom. The van der Waals surface area contributed by atoms with Crippen LogP contribution in [-0.4, -0.2) is 51.6 Å². The van der Waals surface area contributed by atoms with Gasteiger partial charge in [0.15, 0.2) is 0 Å². The number of hydrogen-bond donors (Lipinski definition) is 2. The Balaban J connectivity index is 0.00000140. The third-order valence-corrected chi connectivity index (χ3v) is 8.09. The Hall–Kier alpha value is -0.370. The van der Waals surface area contributed by atoms with E-state index in [4.69, 9.17) is 0 Å². The number of benzene rings is 1. The largest absolute Gasteiger partial charge is 0.316 e. The molecule has 8 heteroatoms. The molecule has 0 unspecified atom stereocenters. The summed E-state index contributed by atoms with van der Waals surface area (Å²) in [7, 11) is -3.45. The van der Waals surface area contributed by atoms with Crippen LogP contribution in [0.25, 0.3) is 0 Å². The predicted molar refractivity (Wildman–Crippen MR) is 118 cm³/mol. The number of sulfonamides is 1. The molecule has 2 N–H and O–H groups in total. The molecule has 1 aromatic rings. The highest BCUT2D eigenvalue weighted by atomic mass is 35.5. The van der Waals surface area contributed by atoms with Crippen molar-refractivity contribution in [2.45, 2.75) is 56.0 Å². The third-order valence-electron chi connectivity index (χ3n) is 6.65. The molecule has 3 saturated heterocycles. The highest BCUT2D eigenvalue weighted by Crippen LogP contribution is 2.38. The zero-order chi connectivity index (χ0) is 18.1. The summed E-state index contributed by atoms with van der Waals surface area (Å²) in [5.41, 5.74) is 1.16. The summed E-state index contributed by atoms with van der Waals surface area (Å²) < 4.78 is 28.4. The molecular weight excluding hydrogens is 417 g/mol. The van der Waals surface area contributed by atoms with Crippen LogP contribution in [0.5, 0.6) is 0 Å². The summed E-state index contributed by atoms with van der Waals surface area (Å²) in [6.07, 6.45) is 5.98. The van der Waals surface area contributed by atoms with Crippen LogP contribution in [-0.2, 0) is 16.4 Å². The van der Waals surface area contributed by atoms with Gasteiger partial charge in [0.1, 0.15) is 0 Å². The van der Waals surface area contributed by atoms with Crippen molar-refractivity contribution in [3.8, 4) is 0 Å². The average Bonchev–Trinajstić information content (AvgIpc) is 2.68. The van der Waals surface area contributed by atoms with E-state index in [2.05, 4.69) is 21.9 Å². The van der Waals surface area contributed by atoms with Crippen LogP contribution in [0.1, 0.15) is 38.2 Å². The molecule has 160 valence electrons. The maximum atomic E-state index is 12.8. The molecule has 28 heavy (non-hydrogen) atoms. The standard InChI is InChI=1S/C20H31N3O2S.2ClH/c1-2-15-6-8-18(9-7-15)26(24,25)22-14-20-17-11-16(12-21-13-17)19-5-3-4-10-23(19)20;;/h6-9,16-17,19-22H,2-5,10-14H2,1H3;2*1H/t16-,17+,19+,20+;;/m1../s1. The van der Waals surface area contributed by atoms with E-state index in [0.717, 1.165) is 37.5 Å². The van der Waals surface area contributed by atoms with Crippen LogP contribution in [0.3, 0.4) is 0 Å². The van der Waals surface area contributed by atoms with E-state index < -0.39 is 10.0 Å². The number of aryl methyl sites for hydroxylation is 1. The van der Waals surface area contributed by atoms with Crippen LogP contribution in [0.4, 0.5) is 0 Å². The molecule has 0 aliphatic carbocycles. The zero-order valence-electron chi connectivity index (χ0n) is 16.5. The molecule has 3 aliphatic rings. The molecule has 1 aromatic carbocycles. The number of rotatable bonds is 5. The lowest BCUT2D eigenvalue weighted by atomic mass is 9.73. The van der Waals surface area contributed by atoms with E-state index in [9.17, 15) is 8.42 Å². The normalized spacial score (nSPS) is 29.9. The fourth-order valence-electron chi connectivity index (χ4n) is 5.23. The van der Waals surface area contributed by atoms with Crippen molar-refractivity contribution in [3.63, 3.8) is 0 Å². The minimum atomic E-state index is -3.45. The van der Waals surface area contributed by atoms with E-state index in [1.807, 2.05) is 12.1 Å². The first-order valence-electron chi connectivity index (χ1n) is 10.1. The SMILES string of the molecule is CCc1ccc(S(=O)(=O)NC[C@H]2[C@@H]3CNC[C@@H](C3)[C@@H]3CCCCN32)cc1.Cl.Cl. The minimum Gasteiger partial charge on any atom is -0.316 e. The second kappa shape index (κ2) is 10.1. The Kier molecular flexibility index (Phi) is 8.62. The molecule has 5 nitrogen and oxygen atoms in total. The van der Waals surface area contributed by atoms with E-state index in [1.54, 1.807) is 12.1 Å². The Morgan fingerprint density at radius 2 is 1.82 bits per heavy atom. The number of piperidine rings is 3. The van der Waals surface area contributed by atoms with Gasteiger partial charge in [0, 0.05) is 18.6 Å². The van der Waals surface area contributed by atoms with Gasteiger partial charge in [-0.25, -0.2) is 13.1 Å². The summed E-state index contributed by atoms with van der Waals surface area (Å²) in [5, 5.41) is 3.59. The van der Waals surface area contributed by atoms with Crippen LogP contribution in [0.15, 0.2) is 29.2 Å². The van der Waals surface area contributed by atoms with Gasteiger partial charge in [0.05, 0.1) is 4.90 Å². The van der Waals surface area contributed by atoms with Gasteiger partial charge < -0.3 is 5.32 Å². The molecular formula is C20H33Cl2N3O2S. The van der Waals surface area contributed by atoms with Gasteiger partial charge in [-0.15, -0.1) is 24.8 Å².